The molecule has 0 spiro atoms. The van der Waals surface area contributed by atoms with Gasteiger partial charge in [0.25, 0.3) is 0 Å². The summed E-state index contributed by atoms with van der Waals surface area (Å²) in [6, 6.07) is 9.27. The second-order valence-electron chi connectivity index (χ2n) is 4.48. The normalized spacial score (nSPS) is 24.4. The van der Waals surface area contributed by atoms with Gasteiger partial charge in [0.2, 0.25) is 0 Å². The molecular weight excluding hydrogens is 245 g/mol. The maximum absolute atomic E-state index is 12.2. The molecule has 0 radical (unpaired) electrons. The maximum Gasteiger partial charge on any atom is 0.425 e. The van der Waals surface area contributed by atoms with Crippen LogP contribution in [0, 0.1) is 5.92 Å². The van der Waals surface area contributed by atoms with Gasteiger partial charge < -0.3 is 4.74 Å². The van der Waals surface area contributed by atoms with Gasteiger partial charge in [-0.05, 0) is 24.8 Å². The standard InChI is InChI=1S/C13H13F3O2/c1-8(13(14,15)16)18-12(17)11-7-10(11)9-5-3-2-4-6-9/h2-6,8,10-11H,7H2,1H3. The molecule has 1 aliphatic carbocycles. The van der Waals surface area contributed by atoms with Crippen LogP contribution in [0.15, 0.2) is 30.3 Å². The zero-order chi connectivity index (χ0) is 13.3. The Morgan fingerprint density at radius 2 is 1.94 bits per heavy atom. The second-order valence-corrected chi connectivity index (χ2v) is 4.48. The van der Waals surface area contributed by atoms with E-state index in [0.29, 0.717) is 6.42 Å². The molecule has 0 aromatic heterocycles. The lowest BCUT2D eigenvalue weighted by atomic mass is 10.1. The summed E-state index contributed by atoms with van der Waals surface area (Å²) < 4.78 is 41.1. The monoisotopic (exact) mass is 258 g/mol. The summed E-state index contributed by atoms with van der Waals surface area (Å²) in [4.78, 5) is 11.5. The van der Waals surface area contributed by atoms with Crippen molar-refractivity contribution in [2.45, 2.75) is 31.5 Å². The Kier molecular flexibility index (Phi) is 3.32. The number of hydrogen-bond donors (Lipinski definition) is 0. The van der Waals surface area contributed by atoms with Crippen LogP contribution in [0.4, 0.5) is 13.2 Å². The molecule has 1 aliphatic rings. The van der Waals surface area contributed by atoms with E-state index in [9.17, 15) is 18.0 Å². The summed E-state index contributed by atoms with van der Waals surface area (Å²) in [5.74, 6) is -1.19. The highest BCUT2D eigenvalue weighted by molar-refractivity contribution is 5.77. The molecule has 0 amide bonds. The van der Waals surface area contributed by atoms with Gasteiger partial charge in [-0.1, -0.05) is 30.3 Å². The summed E-state index contributed by atoms with van der Waals surface area (Å²) in [5, 5.41) is 0. The maximum atomic E-state index is 12.2. The number of halogens is 3. The Labute approximate surface area is 103 Å². The van der Waals surface area contributed by atoms with E-state index < -0.39 is 24.2 Å². The number of ether oxygens (including phenoxy) is 1. The van der Waals surface area contributed by atoms with Crippen LogP contribution in [0.25, 0.3) is 0 Å². The van der Waals surface area contributed by atoms with Crippen LogP contribution in [0.2, 0.25) is 0 Å². The molecule has 1 saturated carbocycles. The van der Waals surface area contributed by atoms with Gasteiger partial charge in [-0.25, -0.2) is 0 Å². The highest BCUT2D eigenvalue weighted by Crippen LogP contribution is 2.48. The molecule has 18 heavy (non-hydrogen) atoms. The average molecular weight is 258 g/mol. The van der Waals surface area contributed by atoms with Crippen molar-refractivity contribution in [1.29, 1.82) is 0 Å². The average Bonchev–Trinajstić information content (AvgIpc) is 3.08. The number of carbonyl (C=O) groups is 1. The fourth-order valence-corrected chi connectivity index (χ4v) is 1.85. The Morgan fingerprint density at radius 3 is 2.50 bits per heavy atom. The van der Waals surface area contributed by atoms with E-state index in [-0.39, 0.29) is 5.92 Å². The van der Waals surface area contributed by atoms with E-state index in [1.54, 1.807) is 0 Å². The van der Waals surface area contributed by atoms with E-state index in [0.717, 1.165) is 12.5 Å². The van der Waals surface area contributed by atoms with Crippen LogP contribution in [-0.4, -0.2) is 18.2 Å². The van der Waals surface area contributed by atoms with Crippen molar-refractivity contribution in [2.24, 2.45) is 5.92 Å². The van der Waals surface area contributed by atoms with E-state index >= 15 is 0 Å². The van der Waals surface area contributed by atoms with E-state index in [2.05, 4.69) is 4.74 Å². The molecule has 0 aliphatic heterocycles. The number of alkyl halides is 3. The number of rotatable bonds is 3. The van der Waals surface area contributed by atoms with E-state index in [1.807, 2.05) is 30.3 Å². The van der Waals surface area contributed by atoms with Gasteiger partial charge in [-0.15, -0.1) is 0 Å². The molecule has 0 heterocycles. The van der Waals surface area contributed by atoms with E-state index in [4.69, 9.17) is 0 Å². The summed E-state index contributed by atoms with van der Waals surface area (Å²) in [6.45, 7) is 0.845. The van der Waals surface area contributed by atoms with Gasteiger partial charge in [0.1, 0.15) is 0 Å². The molecule has 0 saturated heterocycles. The lowest BCUT2D eigenvalue weighted by Crippen LogP contribution is -2.31. The fourth-order valence-electron chi connectivity index (χ4n) is 1.85. The summed E-state index contributed by atoms with van der Waals surface area (Å²) in [6.07, 6.45) is -5.97. The van der Waals surface area contributed by atoms with Gasteiger partial charge in [0.05, 0.1) is 5.92 Å². The highest BCUT2D eigenvalue weighted by atomic mass is 19.4. The first kappa shape index (κ1) is 12.9. The third-order valence-corrected chi connectivity index (χ3v) is 3.07. The van der Waals surface area contributed by atoms with Crippen LogP contribution < -0.4 is 0 Å². The molecule has 0 bridgehead atoms. The molecule has 1 aromatic rings. The Balaban J connectivity index is 1.91. The third kappa shape index (κ3) is 2.83. The van der Waals surface area contributed by atoms with Gasteiger partial charge in [0.15, 0.2) is 6.10 Å². The summed E-state index contributed by atoms with van der Waals surface area (Å²) in [5.41, 5.74) is 0.971. The third-order valence-electron chi connectivity index (χ3n) is 3.07. The Bertz CT molecular complexity index is 428. The van der Waals surface area contributed by atoms with Crippen molar-refractivity contribution in [3.05, 3.63) is 35.9 Å². The predicted molar refractivity (Wildman–Crippen MR) is 58.9 cm³/mol. The molecule has 3 atom stereocenters. The van der Waals surface area contributed by atoms with Crippen LogP contribution in [0.1, 0.15) is 24.8 Å². The second kappa shape index (κ2) is 4.63. The summed E-state index contributed by atoms with van der Waals surface area (Å²) >= 11 is 0. The van der Waals surface area contributed by atoms with Gasteiger partial charge in [0, 0.05) is 0 Å². The van der Waals surface area contributed by atoms with Crippen molar-refractivity contribution in [3.8, 4) is 0 Å². The Morgan fingerprint density at radius 1 is 1.33 bits per heavy atom. The topological polar surface area (TPSA) is 26.3 Å². The first-order valence-electron chi connectivity index (χ1n) is 5.71. The molecule has 2 rings (SSSR count). The lowest BCUT2D eigenvalue weighted by Gasteiger charge is -2.16. The molecule has 1 fully saturated rings. The zero-order valence-corrected chi connectivity index (χ0v) is 9.78. The van der Waals surface area contributed by atoms with Crippen LogP contribution in [0.3, 0.4) is 0 Å². The zero-order valence-electron chi connectivity index (χ0n) is 9.78. The minimum atomic E-state index is -4.49. The number of hydrogen-bond acceptors (Lipinski definition) is 2. The molecule has 0 N–H and O–H groups in total. The van der Waals surface area contributed by atoms with Gasteiger partial charge in [-0.3, -0.25) is 4.79 Å². The number of benzene rings is 1. The van der Waals surface area contributed by atoms with Crippen molar-refractivity contribution >= 4 is 5.97 Å². The molecule has 98 valence electrons. The van der Waals surface area contributed by atoms with Crippen LogP contribution >= 0.6 is 0 Å². The first-order chi connectivity index (χ1) is 8.39. The van der Waals surface area contributed by atoms with Crippen molar-refractivity contribution in [3.63, 3.8) is 0 Å². The largest absolute Gasteiger partial charge is 0.453 e. The molecule has 1 aromatic carbocycles. The van der Waals surface area contributed by atoms with E-state index in [1.165, 1.54) is 0 Å². The van der Waals surface area contributed by atoms with Crippen molar-refractivity contribution < 1.29 is 22.7 Å². The number of esters is 1. The van der Waals surface area contributed by atoms with Gasteiger partial charge in [-0.2, -0.15) is 13.2 Å². The number of carbonyl (C=O) groups excluding carboxylic acids is 1. The van der Waals surface area contributed by atoms with Crippen molar-refractivity contribution in [1.82, 2.24) is 0 Å². The van der Waals surface area contributed by atoms with Crippen molar-refractivity contribution in [2.75, 3.05) is 0 Å². The highest BCUT2D eigenvalue weighted by Gasteiger charge is 2.48. The molecular formula is C13H13F3O2. The SMILES string of the molecule is CC(OC(=O)C1CC1c1ccccc1)C(F)(F)F. The molecule has 5 heteroatoms. The first-order valence-corrected chi connectivity index (χ1v) is 5.71. The van der Waals surface area contributed by atoms with Crippen LogP contribution in [-0.2, 0) is 9.53 Å². The Hall–Kier alpha value is -1.52. The minimum Gasteiger partial charge on any atom is -0.453 e. The quantitative estimate of drug-likeness (QED) is 0.778. The smallest absolute Gasteiger partial charge is 0.425 e. The lowest BCUT2D eigenvalue weighted by molar-refractivity contribution is -0.217. The summed E-state index contributed by atoms with van der Waals surface area (Å²) in [7, 11) is 0. The molecule has 2 nitrogen and oxygen atoms in total. The fraction of sp³-hybridized carbons (Fsp3) is 0.462. The predicted octanol–water partition coefficient (Wildman–Crippen LogP) is 3.28. The molecule has 3 unspecified atom stereocenters. The van der Waals surface area contributed by atoms with Crippen LogP contribution in [0.5, 0.6) is 0 Å². The van der Waals surface area contributed by atoms with Gasteiger partial charge >= 0.3 is 12.1 Å². The minimum absolute atomic E-state index is 0.000802.